The molecule has 0 aliphatic carbocycles. The molecule has 2 aliphatic rings. The highest BCUT2D eigenvalue weighted by molar-refractivity contribution is 14.1. The fraction of sp³-hybridized carbons (Fsp3) is 0.368. The Bertz CT molecular complexity index is 850. The molecule has 0 radical (unpaired) electrons. The molecular weight excluding hydrogens is 479 g/mol. The number of carbonyl (C=O) groups is 1. The Morgan fingerprint density at radius 2 is 2.11 bits per heavy atom. The number of ether oxygens (including phenoxy) is 3. The van der Waals surface area contributed by atoms with Gasteiger partial charge in [-0.2, -0.15) is 0 Å². The van der Waals surface area contributed by atoms with Crippen LogP contribution in [0.5, 0.6) is 11.5 Å². The van der Waals surface area contributed by atoms with Crippen molar-refractivity contribution in [2.24, 2.45) is 4.99 Å². The maximum atomic E-state index is 12.7. The Kier molecular flexibility index (Phi) is 6.36. The monoisotopic (exact) mass is 500 g/mol. The minimum Gasteiger partial charge on any atom is -0.493 e. The molecule has 1 aromatic carbocycles. The number of rotatable bonds is 6. The van der Waals surface area contributed by atoms with Gasteiger partial charge in [0.05, 0.1) is 41.2 Å². The molecule has 0 N–H and O–H groups in total. The Hall–Kier alpha value is -1.68. The molecule has 144 valence electrons. The first-order valence-electron chi connectivity index (χ1n) is 8.60. The van der Waals surface area contributed by atoms with Crippen LogP contribution in [0.4, 0.5) is 0 Å². The Morgan fingerprint density at radius 3 is 2.78 bits per heavy atom. The summed E-state index contributed by atoms with van der Waals surface area (Å²) >= 11 is 3.76. The van der Waals surface area contributed by atoms with Crippen molar-refractivity contribution in [3.8, 4) is 11.5 Å². The maximum absolute atomic E-state index is 12.7. The van der Waals surface area contributed by atoms with Crippen molar-refractivity contribution in [1.82, 2.24) is 4.90 Å². The van der Waals surface area contributed by atoms with Crippen molar-refractivity contribution in [3.05, 3.63) is 44.1 Å². The molecule has 8 heteroatoms. The lowest BCUT2D eigenvalue weighted by Gasteiger charge is -2.33. The SMILES string of the molecule is CCOC(=O)C1=C(C)N=C2SC=CN2[C@@H]1c1cc(I)c(OCC)c(OC)c1. The van der Waals surface area contributed by atoms with Gasteiger partial charge in [0.25, 0.3) is 0 Å². The zero-order chi connectivity index (χ0) is 19.6. The summed E-state index contributed by atoms with van der Waals surface area (Å²) in [5, 5.41) is 2.80. The van der Waals surface area contributed by atoms with E-state index in [2.05, 4.69) is 27.6 Å². The second-order valence-corrected chi connectivity index (χ2v) is 7.83. The second-order valence-electron chi connectivity index (χ2n) is 5.79. The molecule has 2 heterocycles. The Balaban J connectivity index is 2.14. The predicted molar refractivity (Wildman–Crippen MR) is 115 cm³/mol. The first-order chi connectivity index (χ1) is 13.0. The van der Waals surface area contributed by atoms with E-state index in [0.29, 0.717) is 36.0 Å². The van der Waals surface area contributed by atoms with Crippen LogP contribution in [0.1, 0.15) is 32.4 Å². The normalized spacial score (nSPS) is 18.3. The molecule has 1 atom stereocenters. The number of hydrogen-bond donors (Lipinski definition) is 0. The largest absolute Gasteiger partial charge is 0.493 e. The number of methoxy groups -OCH3 is 1. The van der Waals surface area contributed by atoms with Crippen molar-refractivity contribution in [3.63, 3.8) is 0 Å². The molecule has 0 unspecified atom stereocenters. The number of fused-ring (bicyclic) bond motifs is 1. The van der Waals surface area contributed by atoms with E-state index in [1.165, 1.54) is 11.8 Å². The van der Waals surface area contributed by atoms with Crippen molar-refractivity contribution >= 4 is 45.5 Å². The average molecular weight is 500 g/mol. The molecule has 0 saturated heterocycles. The minimum atomic E-state index is -0.351. The van der Waals surface area contributed by atoms with Crippen molar-refractivity contribution in [2.45, 2.75) is 26.8 Å². The summed E-state index contributed by atoms with van der Waals surface area (Å²) in [4.78, 5) is 19.3. The molecule has 3 rings (SSSR count). The lowest BCUT2D eigenvalue weighted by atomic mass is 9.94. The van der Waals surface area contributed by atoms with Crippen molar-refractivity contribution in [2.75, 3.05) is 20.3 Å². The molecule has 0 saturated carbocycles. The first kappa shape index (κ1) is 20.1. The van der Waals surface area contributed by atoms with Crippen LogP contribution in [-0.4, -0.2) is 36.4 Å². The highest BCUT2D eigenvalue weighted by atomic mass is 127. The third-order valence-corrected chi connectivity index (χ3v) is 5.74. The van der Waals surface area contributed by atoms with Gasteiger partial charge in [-0.1, -0.05) is 11.8 Å². The Morgan fingerprint density at radius 1 is 1.33 bits per heavy atom. The molecule has 0 bridgehead atoms. The lowest BCUT2D eigenvalue weighted by Crippen LogP contribution is -2.34. The van der Waals surface area contributed by atoms with E-state index in [-0.39, 0.29) is 12.0 Å². The number of hydrogen-bond acceptors (Lipinski definition) is 7. The van der Waals surface area contributed by atoms with Gasteiger partial charge in [0.1, 0.15) is 0 Å². The van der Waals surface area contributed by atoms with E-state index < -0.39 is 0 Å². The van der Waals surface area contributed by atoms with E-state index >= 15 is 0 Å². The van der Waals surface area contributed by atoms with Gasteiger partial charge in [-0.25, -0.2) is 9.79 Å². The average Bonchev–Trinajstić information content (AvgIpc) is 3.10. The second kappa shape index (κ2) is 8.55. The van der Waals surface area contributed by atoms with Crippen LogP contribution in [0.15, 0.2) is 40.0 Å². The van der Waals surface area contributed by atoms with Gasteiger partial charge < -0.3 is 19.1 Å². The molecule has 27 heavy (non-hydrogen) atoms. The van der Waals surface area contributed by atoms with Gasteiger partial charge in [0.2, 0.25) is 0 Å². The molecular formula is C19H21IN2O4S. The van der Waals surface area contributed by atoms with E-state index in [1.807, 2.05) is 42.5 Å². The van der Waals surface area contributed by atoms with Gasteiger partial charge in [0, 0.05) is 6.20 Å². The number of carbonyl (C=O) groups excluding carboxylic acids is 1. The quantitative estimate of drug-likeness (QED) is 0.425. The highest BCUT2D eigenvalue weighted by Gasteiger charge is 2.38. The van der Waals surface area contributed by atoms with Crippen LogP contribution in [-0.2, 0) is 9.53 Å². The van der Waals surface area contributed by atoms with E-state index in [1.54, 1.807) is 14.0 Å². The summed E-state index contributed by atoms with van der Waals surface area (Å²) in [6.07, 6.45) is 1.94. The minimum absolute atomic E-state index is 0.313. The number of halogens is 1. The molecule has 0 fully saturated rings. The van der Waals surface area contributed by atoms with Crippen LogP contribution in [0.25, 0.3) is 0 Å². The smallest absolute Gasteiger partial charge is 0.338 e. The zero-order valence-electron chi connectivity index (χ0n) is 15.6. The fourth-order valence-electron chi connectivity index (χ4n) is 3.08. The number of amidine groups is 1. The van der Waals surface area contributed by atoms with Crippen molar-refractivity contribution in [1.29, 1.82) is 0 Å². The number of benzene rings is 1. The Labute approximate surface area is 176 Å². The lowest BCUT2D eigenvalue weighted by molar-refractivity contribution is -0.139. The predicted octanol–water partition coefficient (Wildman–Crippen LogP) is 4.47. The van der Waals surface area contributed by atoms with Crippen molar-refractivity contribution < 1.29 is 19.0 Å². The summed E-state index contributed by atoms with van der Waals surface area (Å²) in [5.41, 5.74) is 2.13. The van der Waals surface area contributed by atoms with Crippen LogP contribution in [0, 0.1) is 3.57 Å². The molecule has 0 spiro atoms. The number of allylic oxidation sites excluding steroid dienone is 1. The summed E-state index contributed by atoms with van der Waals surface area (Å²) in [5.74, 6) is 0.995. The topological polar surface area (TPSA) is 60.4 Å². The number of nitrogens with zero attached hydrogens (tertiary/aromatic N) is 2. The van der Waals surface area contributed by atoms with Crippen LogP contribution in [0.3, 0.4) is 0 Å². The number of aliphatic imine (C=N–C) groups is 1. The zero-order valence-corrected chi connectivity index (χ0v) is 18.6. The summed E-state index contributed by atoms with van der Waals surface area (Å²) < 4.78 is 17.5. The summed E-state index contributed by atoms with van der Waals surface area (Å²) in [7, 11) is 1.62. The first-order valence-corrected chi connectivity index (χ1v) is 10.6. The van der Waals surface area contributed by atoms with Gasteiger partial charge in [0.15, 0.2) is 16.7 Å². The van der Waals surface area contributed by atoms with E-state index in [0.717, 1.165) is 14.3 Å². The highest BCUT2D eigenvalue weighted by Crippen LogP contribution is 2.44. The standard InChI is InChI=1S/C19H21IN2O4S/c1-5-25-17-13(20)9-12(10-14(17)24-4)16-15(18(23)26-6-2)11(3)21-19-22(16)7-8-27-19/h7-10,16H,5-6H2,1-4H3/t16-/m1/s1. The third-order valence-electron chi connectivity index (χ3n) is 4.17. The molecule has 6 nitrogen and oxygen atoms in total. The third kappa shape index (κ3) is 3.82. The molecule has 1 aromatic rings. The molecule has 0 amide bonds. The van der Waals surface area contributed by atoms with Crippen LogP contribution < -0.4 is 9.47 Å². The molecule has 2 aliphatic heterocycles. The summed E-state index contributed by atoms with van der Waals surface area (Å²) in [6.45, 7) is 6.44. The number of thioether (sulfide) groups is 1. The van der Waals surface area contributed by atoms with Gasteiger partial charge in [-0.3, -0.25) is 0 Å². The maximum Gasteiger partial charge on any atom is 0.338 e. The van der Waals surface area contributed by atoms with Crippen LogP contribution in [0.2, 0.25) is 0 Å². The van der Waals surface area contributed by atoms with Gasteiger partial charge >= 0.3 is 5.97 Å². The number of esters is 1. The van der Waals surface area contributed by atoms with E-state index in [4.69, 9.17) is 14.2 Å². The van der Waals surface area contributed by atoms with Crippen LogP contribution >= 0.6 is 34.4 Å². The fourth-order valence-corrected chi connectivity index (χ4v) is 4.65. The summed E-state index contributed by atoms with van der Waals surface area (Å²) in [6, 6.07) is 3.61. The van der Waals surface area contributed by atoms with E-state index in [9.17, 15) is 4.79 Å². The molecule has 0 aromatic heterocycles. The van der Waals surface area contributed by atoms with Gasteiger partial charge in [-0.05, 0) is 66.5 Å². The van der Waals surface area contributed by atoms with Gasteiger partial charge in [-0.15, -0.1) is 0 Å².